The molecular weight excluding hydrogens is 309 g/mol. The number of alkyl halides is 3. The first-order valence-electron chi connectivity index (χ1n) is 6.02. The Labute approximate surface area is 123 Å². The van der Waals surface area contributed by atoms with Gasteiger partial charge in [0.25, 0.3) is 0 Å². The van der Waals surface area contributed by atoms with Crippen LogP contribution in [0.4, 0.5) is 18.9 Å². The zero-order valence-electron chi connectivity index (χ0n) is 10.6. The molecule has 1 amide bonds. The average molecular weight is 319 g/mol. The molecule has 0 bridgehead atoms. The van der Waals surface area contributed by atoms with Crippen LogP contribution in [0.3, 0.4) is 0 Å². The molecule has 2 rings (SSSR count). The first kappa shape index (κ1) is 15.6. The van der Waals surface area contributed by atoms with Gasteiger partial charge < -0.3 is 10.0 Å². The van der Waals surface area contributed by atoms with Gasteiger partial charge in [-0.25, -0.2) is 0 Å². The molecule has 1 fully saturated rings. The van der Waals surface area contributed by atoms with Crippen molar-refractivity contribution in [1.29, 1.82) is 5.26 Å². The van der Waals surface area contributed by atoms with E-state index in [-0.39, 0.29) is 29.1 Å². The summed E-state index contributed by atoms with van der Waals surface area (Å²) in [5, 5.41) is 18.2. The lowest BCUT2D eigenvalue weighted by Gasteiger charge is -2.30. The van der Waals surface area contributed by atoms with Crippen LogP contribution in [0.2, 0.25) is 5.02 Å². The molecular formula is C13H10ClF3N2O2. The summed E-state index contributed by atoms with van der Waals surface area (Å²) in [6.45, 7) is 0. The van der Waals surface area contributed by atoms with Crippen molar-refractivity contribution in [2.45, 2.75) is 31.2 Å². The second-order valence-electron chi connectivity index (χ2n) is 4.63. The number of halogens is 4. The van der Waals surface area contributed by atoms with Gasteiger partial charge >= 0.3 is 6.18 Å². The van der Waals surface area contributed by atoms with Gasteiger partial charge in [-0.1, -0.05) is 11.6 Å². The van der Waals surface area contributed by atoms with Crippen molar-refractivity contribution < 1.29 is 23.1 Å². The van der Waals surface area contributed by atoms with E-state index in [1.54, 1.807) is 0 Å². The number of nitriles is 1. The molecule has 112 valence electrons. The Balaban J connectivity index is 2.38. The average Bonchev–Trinajstić information content (AvgIpc) is 2.78. The summed E-state index contributed by atoms with van der Waals surface area (Å²) < 4.78 is 38.0. The van der Waals surface area contributed by atoms with Gasteiger partial charge in [-0.15, -0.1) is 0 Å². The Morgan fingerprint density at radius 2 is 2.14 bits per heavy atom. The predicted octanol–water partition coefficient (Wildman–Crippen LogP) is 2.63. The van der Waals surface area contributed by atoms with Crippen LogP contribution < -0.4 is 4.90 Å². The molecule has 0 radical (unpaired) electrons. The number of aliphatic hydroxyl groups excluding tert-OH is 1. The van der Waals surface area contributed by atoms with Crippen molar-refractivity contribution in [1.82, 2.24) is 0 Å². The van der Waals surface area contributed by atoms with Gasteiger partial charge in [0.2, 0.25) is 5.91 Å². The van der Waals surface area contributed by atoms with Crippen LogP contribution in [0.1, 0.15) is 18.4 Å². The number of anilines is 1. The number of aliphatic hydroxyl groups is 1. The predicted molar refractivity (Wildman–Crippen MR) is 68.7 cm³/mol. The molecule has 1 aromatic rings. The zero-order chi connectivity index (χ0) is 15.8. The van der Waals surface area contributed by atoms with Gasteiger partial charge in [0, 0.05) is 12.1 Å². The number of benzene rings is 1. The minimum absolute atomic E-state index is 0.0370. The number of hydrogen-bond donors (Lipinski definition) is 1. The molecule has 1 aromatic carbocycles. The van der Waals surface area contributed by atoms with E-state index < -0.39 is 24.2 Å². The highest BCUT2D eigenvalue weighted by molar-refractivity contribution is 6.32. The Kier molecular flexibility index (Phi) is 4.12. The maximum Gasteiger partial charge on any atom is 0.416 e. The summed E-state index contributed by atoms with van der Waals surface area (Å²) in [5.41, 5.74) is 0.287. The summed E-state index contributed by atoms with van der Waals surface area (Å²) >= 11 is 5.83. The Morgan fingerprint density at radius 3 is 2.67 bits per heavy atom. The summed E-state index contributed by atoms with van der Waals surface area (Å²) in [5.74, 6) is -0.524. The first-order valence-corrected chi connectivity index (χ1v) is 6.40. The summed E-state index contributed by atoms with van der Waals surface area (Å²) in [6, 6.07) is 4.34. The van der Waals surface area contributed by atoms with Crippen molar-refractivity contribution >= 4 is 23.2 Å². The number of amides is 1. The number of hydrogen-bond acceptors (Lipinski definition) is 3. The van der Waals surface area contributed by atoms with Crippen LogP contribution in [0.25, 0.3) is 0 Å². The normalized spacial score (nSPS) is 20.5. The van der Waals surface area contributed by atoms with E-state index in [0.29, 0.717) is 0 Å². The van der Waals surface area contributed by atoms with E-state index in [2.05, 4.69) is 0 Å². The fourth-order valence-electron chi connectivity index (χ4n) is 2.30. The third kappa shape index (κ3) is 2.96. The lowest BCUT2D eigenvalue weighted by molar-refractivity contribution is -0.209. The quantitative estimate of drug-likeness (QED) is 0.911. The number of nitrogens with zero attached hydrogens (tertiary/aromatic N) is 2. The van der Waals surface area contributed by atoms with E-state index in [1.807, 2.05) is 6.07 Å². The van der Waals surface area contributed by atoms with Crippen molar-refractivity contribution in [3.63, 3.8) is 0 Å². The molecule has 8 heteroatoms. The van der Waals surface area contributed by atoms with Gasteiger partial charge in [0.05, 0.1) is 16.6 Å². The van der Waals surface area contributed by atoms with Crippen LogP contribution >= 0.6 is 11.6 Å². The molecule has 1 heterocycles. The molecule has 0 saturated carbocycles. The minimum Gasteiger partial charge on any atom is -0.382 e. The third-order valence-electron chi connectivity index (χ3n) is 3.31. The van der Waals surface area contributed by atoms with E-state index in [9.17, 15) is 23.1 Å². The van der Waals surface area contributed by atoms with E-state index >= 15 is 0 Å². The number of carbonyl (C=O) groups excluding carboxylic acids is 1. The Morgan fingerprint density at radius 1 is 1.48 bits per heavy atom. The van der Waals surface area contributed by atoms with Crippen molar-refractivity contribution in [2.24, 2.45) is 0 Å². The van der Waals surface area contributed by atoms with Crippen LogP contribution in [-0.2, 0) is 4.79 Å². The van der Waals surface area contributed by atoms with Gasteiger partial charge in [-0.05, 0) is 24.6 Å². The fourth-order valence-corrected chi connectivity index (χ4v) is 2.52. The second kappa shape index (κ2) is 5.54. The Bertz CT molecular complexity index is 612. The van der Waals surface area contributed by atoms with Crippen molar-refractivity contribution in [3.8, 4) is 6.07 Å². The van der Waals surface area contributed by atoms with Gasteiger partial charge in [-0.2, -0.15) is 18.4 Å². The summed E-state index contributed by atoms with van der Waals surface area (Å²) in [7, 11) is 0. The smallest absolute Gasteiger partial charge is 0.382 e. The lowest BCUT2D eigenvalue weighted by atomic mass is 10.1. The molecule has 0 aromatic heterocycles. The van der Waals surface area contributed by atoms with Gasteiger partial charge in [-0.3, -0.25) is 4.79 Å². The SMILES string of the molecule is N#Cc1ccc(N2C(=O)CC[C@@H]2[C@H](O)C(F)(F)F)cc1Cl. The number of carbonyl (C=O) groups is 1. The summed E-state index contributed by atoms with van der Waals surface area (Å²) in [6.07, 6.45) is -7.63. The van der Waals surface area contributed by atoms with E-state index in [1.165, 1.54) is 18.2 Å². The summed E-state index contributed by atoms with van der Waals surface area (Å²) in [4.78, 5) is 12.7. The van der Waals surface area contributed by atoms with Gasteiger partial charge in [0.1, 0.15) is 6.07 Å². The molecule has 0 aliphatic carbocycles. The van der Waals surface area contributed by atoms with Gasteiger partial charge in [0.15, 0.2) is 6.10 Å². The molecule has 4 nitrogen and oxygen atoms in total. The second-order valence-corrected chi connectivity index (χ2v) is 5.04. The molecule has 21 heavy (non-hydrogen) atoms. The van der Waals surface area contributed by atoms with E-state index in [4.69, 9.17) is 16.9 Å². The monoisotopic (exact) mass is 318 g/mol. The molecule has 2 atom stereocenters. The molecule has 1 N–H and O–H groups in total. The molecule has 1 aliphatic rings. The molecule has 1 aliphatic heterocycles. The van der Waals surface area contributed by atoms with Crippen LogP contribution in [0.15, 0.2) is 18.2 Å². The fraction of sp³-hybridized carbons (Fsp3) is 0.385. The maximum atomic E-state index is 12.7. The van der Waals surface area contributed by atoms with Crippen LogP contribution in [0, 0.1) is 11.3 Å². The maximum absolute atomic E-state index is 12.7. The number of rotatable bonds is 2. The minimum atomic E-state index is -4.82. The highest BCUT2D eigenvalue weighted by atomic mass is 35.5. The zero-order valence-corrected chi connectivity index (χ0v) is 11.3. The highest BCUT2D eigenvalue weighted by Crippen LogP contribution is 2.35. The lowest BCUT2D eigenvalue weighted by Crippen LogP contribution is -2.48. The van der Waals surface area contributed by atoms with Crippen LogP contribution in [0.5, 0.6) is 0 Å². The van der Waals surface area contributed by atoms with Crippen molar-refractivity contribution in [3.05, 3.63) is 28.8 Å². The molecule has 0 spiro atoms. The van der Waals surface area contributed by atoms with Crippen molar-refractivity contribution in [2.75, 3.05) is 4.90 Å². The topological polar surface area (TPSA) is 64.3 Å². The highest BCUT2D eigenvalue weighted by Gasteiger charge is 2.49. The third-order valence-corrected chi connectivity index (χ3v) is 3.62. The van der Waals surface area contributed by atoms with E-state index in [0.717, 1.165) is 4.90 Å². The van der Waals surface area contributed by atoms with Crippen LogP contribution in [-0.4, -0.2) is 29.3 Å². The Hall–Kier alpha value is -1.78. The first-order chi connectivity index (χ1) is 9.75. The molecule has 0 unspecified atom stereocenters. The largest absolute Gasteiger partial charge is 0.416 e. The molecule has 1 saturated heterocycles. The standard InChI is InChI=1S/C13H10ClF3N2O2/c14-9-5-8(2-1-7(9)6-18)19-10(3-4-11(19)20)12(21)13(15,16)17/h1-2,5,10,12,21H,3-4H2/t10-,12+/m1/s1.